The molecular weight excluding hydrogens is 215 g/mol. The summed E-state index contributed by atoms with van der Waals surface area (Å²) >= 11 is 0. The van der Waals surface area contributed by atoms with Gasteiger partial charge in [-0.2, -0.15) is 5.26 Å². The molecule has 0 radical (unpaired) electrons. The van der Waals surface area contributed by atoms with Crippen molar-refractivity contribution in [1.82, 2.24) is 0 Å². The van der Waals surface area contributed by atoms with Crippen molar-refractivity contribution < 1.29 is 42.5 Å². The number of hydrogen-bond donors (Lipinski definition) is 1. The van der Waals surface area contributed by atoms with E-state index in [1.165, 1.54) is 18.2 Å². The molecule has 0 spiro atoms. The molecule has 0 saturated heterocycles. The molecule has 1 N–H and O–H groups in total. The first-order valence-corrected chi connectivity index (χ1v) is 4.66. The maximum Gasteiger partial charge on any atom is 1.00 e. The van der Waals surface area contributed by atoms with Crippen molar-refractivity contribution in [3.63, 3.8) is 0 Å². The summed E-state index contributed by atoms with van der Waals surface area (Å²) in [6, 6.07) is 7.60. The van der Waals surface area contributed by atoms with Crippen molar-refractivity contribution >= 4 is 16.0 Å². The molecule has 7 heteroatoms. The van der Waals surface area contributed by atoms with E-state index in [0.29, 0.717) is 0 Å². The second-order valence-electron chi connectivity index (χ2n) is 2.21. The van der Waals surface area contributed by atoms with Gasteiger partial charge in [0.05, 0.1) is 11.3 Å². The van der Waals surface area contributed by atoms with Crippen LogP contribution in [0.5, 0.6) is 0 Å². The van der Waals surface area contributed by atoms with Crippen LogP contribution in [0.3, 0.4) is 0 Å². The van der Waals surface area contributed by atoms with E-state index in [2.05, 4.69) is 0 Å². The Bertz CT molecular complexity index is 452. The van der Waals surface area contributed by atoms with Crippen LogP contribution in [0.4, 0.5) is 5.69 Å². The van der Waals surface area contributed by atoms with Crippen molar-refractivity contribution in [2.45, 2.75) is 0 Å². The number of anilines is 1. The molecule has 0 fully saturated rings. The molecule has 0 heterocycles. The number of hydrogen-bond acceptors (Lipinski definition) is 4. The quantitative estimate of drug-likeness (QED) is 0.438. The van der Waals surface area contributed by atoms with E-state index in [-0.39, 0.29) is 40.8 Å². The van der Waals surface area contributed by atoms with Gasteiger partial charge >= 0.3 is 29.6 Å². The average molecular weight is 220 g/mol. The van der Waals surface area contributed by atoms with Crippen molar-refractivity contribution in [3.8, 4) is 6.07 Å². The molecule has 1 rings (SSSR count). The van der Waals surface area contributed by atoms with Crippen LogP contribution in [0.15, 0.2) is 24.3 Å². The summed E-state index contributed by atoms with van der Waals surface area (Å²) in [5.41, 5.74) is 0.113. The monoisotopic (exact) mass is 220 g/mol. The summed E-state index contributed by atoms with van der Waals surface area (Å²) < 4.78 is 32.6. The summed E-state index contributed by atoms with van der Waals surface area (Å²) in [7, 11) is -4.56. The third kappa shape index (κ3) is 4.09. The predicted octanol–water partition coefficient (Wildman–Crippen LogP) is -2.57. The minimum atomic E-state index is -4.56. The van der Waals surface area contributed by atoms with Crippen LogP contribution in [-0.2, 0) is 10.3 Å². The number of para-hydroxylation sites is 1. The van der Waals surface area contributed by atoms with Gasteiger partial charge in [-0.1, -0.05) is 12.1 Å². The molecule has 1 aromatic carbocycles. The fourth-order valence-corrected chi connectivity index (χ4v) is 1.25. The van der Waals surface area contributed by atoms with Gasteiger partial charge in [0.15, 0.2) is 10.3 Å². The third-order valence-corrected chi connectivity index (χ3v) is 1.75. The molecule has 0 atom stereocenters. The minimum Gasteiger partial charge on any atom is -0.731 e. The summed E-state index contributed by atoms with van der Waals surface area (Å²) in [6.07, 6.45) is 0. The summed E-state index contributed by atoms with van der Waals surface area (Å²) in [5.74, 6) is 0. The molecular formula is C7H5N2NaO3S. The van der Waals surface area contributed by atoms with Crippen LogP contribution in [0.25, 0.3) is 0 Å². The minimum absolute atomic E-state index is 0. The van der Waals surface area contributed by atoms with Gasteiger partial charge in [-0.25, -0.2) is 8.42 Å². The molecule has 0 bridgehead atoms. The van der Waals surface area contributed by atoms with Gasteiger partial charge in [-0.3, -0.25) is 4.72 Å². The summed E-state index contributed by atoms with van der Waals surface area (Å²) in [4.78, 5) is 0. The summed E-state index contributed by atoms with van der Waals surface area (Å²) in [6.45, 7) is 0. The number of nitrogens with one attached hydrogen (secondary N) is 1. The van der Waals surface area contributed by atoms with E-state index in [1.54, 1.807) is 16.9 Å². The van der Waals surface area contributed by atoms with E-state index < -0.39 is 10.3 Å². The van der Waals surface area contributed by atoms with E-state index in [0.717, 1.165) is 0 Å². The molecule has 5 nitrogen and oxygen atoms in total. The molecule has 0 aromatic heterocycles. The first-order valence-electron chi connectivity index (χ1n) is 3.26. The number of nitrogens with zero attached hydrogens (tertiary/aromatic N) is 1. The Balaban J connectivity index is 0.00000169. The molecule has 0 saturated carbocycles. The van der Waals surface area contributed by atoms with Crippen LogP contribution in [0, 0.1) is 11.3 Å². The van der Waals surface area contributed by atoms with Crippen LogP contribution in [0.2, 0.25) is 0 Å². The Labute approximate surface area is 104 Å². The Hall–Kier alpha value is -0.580. The number of nitriles is 1. The average Bonchev–Trinajstić information content (AvgIpc) is 2.02. The first kappa shape index (κ1) is 13.4. The van der Waals surface area contributed by atoms with Crippen molar-refractivity contribution in [2.75, 3.05) is 4.72 Å². The largest absolute Gasteiger partial charge is 1.00 e. The molecule has 68 valence electrons. The molecule has 14 heavy (non-hydrogen) atoms. The molecule has 0 unspecified atom stereocenters. The van der Waals surface area contributed by atoms with Gasteiger partial charge in [-0.15, -0.1) is 0 Å². The first-order chi connectivity index (χ1) is 6.03. The van der Waals surface area contributed by atoms with E-state index in [9.17, 15) is 13.0 Å². The SMILES string of the molecule is N#Cc1ccccc1NS(=O)(=O)[O-].[Na+]. The maximum atomic E-state index is 10.3. The predicted molar refractivity (Wildman–Crippen MR) is 44.5 cm³/mol. The molecule has 0 aliphatic heterocycles. The number of benzene rings is 1. The zero-order valence-corrected chi connectivity index (χ0v) is 10.2. The molecule has 0 aliphatic rings. The van der Waals surface area contributed by atoms with E-state index in [4.69, 9.17) is 5.26 Å². The fourth-order valence-electron chi connectivity index (χ4n) is 0.804. The zero-order chi connectivity index (χ0) is 9.90. The second kappa shape index (κ2) is 5.34. The Morgan fingerprint density at radius 2 is 1.93 bits per heavy atom. The van der Waals surface area contributed by atoms with Gasteiger partial charge in [0.25, 0.3) is 0 Å². The Morgan fingerprint density at radius 3 is 2.43 bits per heavy atom. The summed E-state index contributed by atoms with van der Waals surface area (Å²) in [5, 5.41) is 8.53. The zero-order valence-electron chi connectivity index (χ0n) is 7.39. The third-order valence-electron chi connectivity index (χ3n) is 1.28. The topological polar surface area (TPSA) is 93.0 Å². The Morgan fingerprint density at radius 1 is 1.36 bits per heavy atom. The van der Waals surface area contributed by atoms with Crippen LogP contribution >= 0.6 is 0 Å². The van der Waals surface area contributed by atoms with Gasteiger partial charge < -0.3 is 4.55 Å². The maximum absolute atomic E-state index is 10.3. The second-order valence-corrected chi connectivity index (χ2v) is 3.33. The van der Waals surface area contributed by atoms with Crippen LogP contribution in [0.1, 0.15) is 5.56 Å². The normalized spacial score (nSPS) is 9.71. The van der Waals surface area contributed by atoms with Crippen molar-refractivity contribution in [1.29, 1.82) is 5.26 Å². The van der Waals surface area contributed by atoms with Crippen molar-refractivity contribution in [2.24, 2.45) is 0 Å². The molecule has 1 aromatic rings. The van der Waals surface area contributed by atoms with Crippen LogP contribution < -0.4 is 34.3 Å². The number of rotatable bonds is 2. The van der Waals surface area contributed by atoms with Crippen LogP contribution in [-0.4, -0.2) is 13.0 Å². The molecule has 0 aliphatic carbocycles. The van der Waals surface area contributed by atoms with E-state index in [1.807, 2.05) is 0 Å². The van der Waals surface area contributed by atoms with Gasteiger partial charge in [0.2, 0.25) is 0 Å². The van der Waals surface area contributed by atoms with Gasteiger partial charge in [-0.05, 0) is 12.1 Å². The van der Waals surface area contributed by atoms with E-state index >= 15 is 0 Å². The molecule has 0 amide bonds. The van der Waals surface area contributed by atoms with Crippen molar-refractivity contribution in [3.05, 3.63) is 29.8 Å². The smallest absolute Gasteiger partial charge is 0.731 e. The Kier molecular flexibility index (Phi) is 5.12. The fraction of sp³-hybridized carbons (Fsp3) is 0. The van der Waals surface area contributed by atoms with Gasteiger partial charge in [0, 0.05) is 0 Å². The van der Waals surface area contributed by atoms with Gasteiger partial charge in [0.1, 0.15) is 6.07 Å². The standard InChI is InChI=1S/C7H6N2O3S.Na/c8-5-6-3-1-2-4-7(6)9-13(10,11)12;/h1-4,9H,(H,10,11,12);/q;+1/p-1.